The Bertz CT molecular complexity index is 631. The van der Waals surface area contributed by atoms with Crippen molar-refractivity contribution in [3.05, 3.63) is 29.8 Å². The largest absolute Gasteiger partial charge is 0.374 e. The van der Waals surface area contributed by atoms with Gasteiger partial charge in [-0.2, -0.15) is 0 Å². The molecular formula is C15H19ClFN3O. The number of hydrogen-bond donors (Lipinski definition) is 0. The van der Waals surface area contributed by atoms with Crippen molar-refractivity contribution in [3.63, 3.8) is 0 Å². The van der Waals surface area contributed by atoms with Gasteiger partial charge in [-0.25, -0.2) is 9.37 Å². The zero-order valence-corrected chi connectivity index (χ0v) is 12.8. The van der Waals surface area contributed by atoms with E-state index in [1.54, 1.807) is 6.07 Å². The molecule has 3 rings (SSSR count). The first-order chi connectivity index (χ1) is 10.2. The first-order valence-corrected chi connectivity index (χ1v) is 7.80. The van der Waals surface area contributed by atoms with Crippen LogP contribution >= 0.6 is 11.6 Å². The van der Waals surface area contributed by atoms with Crippen molar-refractivity contribution in [2.75, 3.05) is 26.2 Å². The molecule has 0 saturated carbocycles. The summed E-state index contributed by atoms with van der Waals surface area (Å²) >= 11 is 5.97. The number of alkyl halides is 1. The Hall–Kier alpha value is -1.17. The van der Waals surface area contributed by atoms with Gasteiger partial charge in [-0.05, 0) is 18.7 Å². The van der Waals surface area contributed by atoms with Gasteiger partial charge in [-0.3, -0.25) is 4.90 Å². The molecule has 1 atom stereocenters. The second-order valence-corrected chi connectivity index (χ2v) is 5.53. The topological polar surface area (TPSA) is 30.3 Å². The van der Waals surface area contributed by atoms with E-state index in [0.717, 1.165) is 31.8 Å². The molecule has 1 aromatic carbocycles. The van der Waals surface area contributed by atoms with Gasteiger partial charge in [0.2, 0.25) is 0 Å². The molecule has 114 valence electrons. The molecule has 1 saturated heterocycles. The van der Waals surface area contributed by atoms with Crippen LogP contribution in [-0.4, -0.2) is 46.8 Å². The lowest BCUT2D eigenvalue weighted by Gasteiger charge is -2.32. The summed E-state index contributed by atoms with van der Waals surface area (Å²) < 4.78 is 21.7. The fourth-order valence-electron chi connectivity index (χ4n) is 2.85. The number of fused-ring (bicyclic) bond motifs is 1. The number of hydrogen-bond acceptors (Lipinski definition) is 3. The van der Waals surface area contributed by atoms with Gasteiger partial charge in [-0.15, -0.1) is 11.6 Å². The number of benzene rings is 1. The van der Waals surface area contributed by atoms with Crippen LogP contribution in [0.2, 0.25) is 0 Å². The standard InChI is InChI=1S/C15H19ClFN3O/c1-2-19-6-7-21-11(9-19)10-20-13-5-3-4-12(17)15(13)18-14(20)8-16/h3-5,11H,2,6-10H2,1H3. The smallest absolute Gasteiger partial charge is 0.151 e. The van der Waals surface area contributed by atoms with Gasteiger partial charge < -0.3 is 9.30 Å². The van der Waals surface area contributed by atoms with Crippen LogP contribution < -0.4 is 0 Å². The summed E-state index contributed by atoms with van der Waals surface area (Å²) in [7, 11) is 0. The maximum atomic E-state index is 13.9. The fourth-order valence-corrected chi connectivity index (χ4v) is 3.05. The molecule has 1 aromatic heterocycles. The van der Waals surface area contributed by atoms with Crippen LogP contribution in [0.1, 0.15) is 12.7 Å². The SMILES string of the molecule is CCN1CCOC(Cn2c(CCl)nc3c(F)cccc32)C1. The number of nitrogens with zero attached hydrogens (tertiary/aromatic N) is 3. The summed E-state index contributed by atoms with van der Waals surface area (Å²) in [6, 6.07) is 5.00. The number of morpholine rings is 1. The minimum absolute atomic E-state index is 0.0846. The molecule has 2 heterocycles. The number of halogens is 2. The summed E-state index contributed by atoms with van der Waals surface area (Å²) in [5.74, 6) is 0.643. The molecule has 0 N–H and O–H groups in total. The summed E-state index contributed by atoms with van der Waals surface area (Å²) in [6.07, 6.45) is 0.0846. The van der Waals surface area contributed by atoms with Gasteiger partial charge in [0.25, 0.3) is 0 Å². The molecule has 0 aliphatic carbocycles. The van der Waals surface area contributed by atoms with E-state index in [1.807, 2.05) is 10.6 Å². The Balaban J connectivity index is 1.90. The highest BCUT2D eigenvalue weighted by Crippen LogP contribution is 2.21. The van der Waals surface area contributed by atoms with E-state index in [2.05, 4.69) is 16.8 Å². The van der Waals surface area contributed by atoms with Gasteiger partial charge in [0, 0.05) is 13.1 Å². The predicted molar refractivity (Wildman–Crippen MR) is 81.1 cm³/mol. The average molecular weight is 312 g/mol. The summed E-state index contributed by atoms with van der Waals surface area (Å²) in [5, 5.41) is 0. The van der Waals surface area contributed by atoms with Gasteiger partial charge in [0.15, 0.2) is 5.82 Å². The van der Waals surface area contributed by atoms with Gasteiger partial charge >= 0.3 is 0 Å². The van der Waals surface area contributed by atoms with Crippen molar-refractivity contribution in [3.8, 4) is 0 Å². The van der Waals surface area contributed by atoms with E-state index in [4.69, 9.17) is 16.3 Å². The van der Waals surface area contributed by atoms with E-state index in [0.29, 0.717) is 17.9 Å². The number of ether oxygens (including phenoxy) is 1. The molecule has 4 nitrogen and oxygen atoms in total. The first-order valence-electron chi connectivity index (χ1n) is 7.26. The maximum Gasteiger partial charge on any atom is 0.151 e. The number of rotatable bonds is 4. The van der Waals surface area contributed by atoms with Crippen LogP contribution in [-0.2, 0) is 17.2 Å². The Morgan fingerprint density at radius 3 is 3.10 bits per heavy atom. The minimum atomic E-state index is -0.308. The molecule has 1 aliphatic heterocycles. The monoisotopic (exact) mass is 311 g/mol. The van der Waals surface area contributed by atoms with Crippen molar-refractivity contribution in [2.24, 2.45) is 0 Å². The molecule has 6 heteroatoms. The highest BCUT2D eigenvalue weighted by Gasteiger charge is 2.22. The maximum absolute atomic E-state index is 13.9. The van der Waals surface area contributed by atoms with Crippen LogP contribution in [0, 0.1) is 5.82 Å². The van der Waals surface area contributed by atoms with E-state index in [9.17, 15) is 4.39 Å². The van der Waals surface area contributed by atoms with Crippen LogP contribution in [0.4, 0.5) is 4.39 Å². The second-order valence-electron chi connectivity index (χ2n) is 5.27. The van der Waals surface area contributed by atoms with Crippen molar-refractivity contribution < 1.29 is 9.13 Å². The highest BCUT2D eigenvalue weighted by molar-refractivity contribution is 6.16. The molecule has 1 unspecified atom stereocenters. The van der Waals surface area contributed by atoms with Crippen molar-refractivity contribution in [1.82, 2.24) is 14.5 Å². The molecule has 21 heavy (non-hydrogen) atoms. The van der Waals surface area contributed by atoms with Crippen LogP contribution in [0.5, 0.6) is 0 Å². The molecule has 0 radical (unpaired) electrons. The van der Waals surface area contributed by atoms with Crippen LogP contribution in [0.25, 0.3) is 11.0 Å². The summed E-state index contributed by atoms with van der Waals surface area (Å²) in [6.45, 7) is 6.40. The van der Waals surface area contributed by atoms with Crippen molar-refractivity contribution in [1.29, 1.82) is 0 Å². The summed E-state index contributed by atoms with van der Waals surface area (Å²) in [5.41, 5.74) is 1.17. The number of imidazole rings is 1. The number of aromatic nitrogens is 2. The molecule has 0 bridgehead atoms. The normalized spacial score (nSPS) is 20.2. The van der Waals surface area contributed by atoms with E-state index >= 15 is 0 Å². The zero-order chi connectivity index (χ0) is 14.8. The lowest BCUT2D eigenvalue weighted by atomic mass is 10.2. The highest BCUT2D eigenvalue weighted by atomic mass is 35.5. The van der Waals surface area contributed by atoms with Gasteiger partial charge in [0.1, 0.15) is 11.3 Å². The Morgan fingerprint density at radius 2 is 2.33 bits per heavy atom. The molecule has 1 aliphatic rings. The van der Waals surface area contributed by atoms with Crippen LogP contribution in [0.15, 0.2) is 18.2 Å². The Labute approximate surface area is 128 Å². The predicted octanol–water partition coefficient (Wildman–Crippen LogP) is 2.63. The third-order valence-electron chi connectivity index (χ3n) is 3.98. The third-order valence-corrected chi connectivity index (χ3v) is 4.22. The minimum Gasteiger partial charge on any atom is -0.374 e. The lowest BCUT2D eigenvalue weighted by Crippen LogP contribution is -2.44. The Kier molecular flexibility index (Phi) is 4.42. The number of para-hydroxylation sites is 1. The lowest BCUT2D eigenvalue weighted by molar-refractivity contribution is -0.0340. The molecule has 0 spiro atoms. The summed E-state index contributed by atoms with van der Waals surface area (Å²) in [4.78, 5) is 6.68. The molecular weight excluding hydrogens is 293 g/mol. The van der Waals surface area contributed by atoms with E-state index in [-0.39, 0.29) is 17.8 Å². The Morgan fingerprint density at radius 1 is 1.48 bits per heavy atom. The number of likely N-dealkylation sites (N-methyl/N-ethyl adjacent to an activating group) is 1. The molecule has 2 aromatic rings. The van der Waals surface area contributed by atoms with Gasteiger partial charge in [0.05, 0.1) is 30.7 Å². The van der Waals surface area contributed by atoms with E-state index < -0.39 is 0 Å². The van der Waals surface area contributed by atoms with Crippen molar-refractivity contribution >= 4 is 22.6 Å². The molecule has 0 amide bonds. The van der Waals surface area contributed by atoms with E-state index in [1.165, 1.54) is 6.07 Å². The second kappa shape index (κ2) is 6.30. The van der Waals surface area contributed by atoms with Crippen molar-refractivity contribution in [2.45, 2.75) is 25.5 Å². The fraction of sp³-hybridized carbons (Fsp3) is 0.533. The zero-order valence-electron chi connectivity index (χ0n) is 12.1. The first kappa shape index (κ1) is 14.8. The molecule has 1 fully saturated rings. The third kappa shape index (κ3) is 2.91. The average Bonchev–Trinajstić information content (AvgIpc) is 2.87. The quantitative estimate of drug-likeness (QED) is 0.813. The van der Waals surface area contributed by atoms with Crippen LogP contribution in [0.3, 0.4) is 0 Å². The van der Waals surface area contributed by atoms with Gasteiger partial charge in [-0.1, -0.05) is 13.0 Å².